The molecule has 386 valence electrons. The summed E-state index contributed by atoms with van der Waals surface area (Å²) in [5.74, 6) is -0.373. The van der Waals surface area contributed by atoms with E-state index in [0.717, 1.165) is 44.9 Å². The number of esters is 1. The predicted molar refractivity (Wildman–Crippen MR) is 252 cm³/mol. The summed E-state index contributed by atoms with van der Waals surface area (Å²) in [5, 5.41) is 71.9. The number of hydrogen-bond donors (Lipinski definition) is 7. The van der Waals surface area contributed by atoms with Gasteiger partial charge in [0.05, 0.1) is 26.4 Å². The Bertz CT molecular complexity index is 1090. The monoisotopic (exact) mass is 935 g/mol. The van der Waals surface area contributed by atoms with Gasteiger partial charge in [-0.1, -0.05) is 200 Å². The first-order chi connectivity index (χ1) is 31.6. The van der Waals surface area contributed by atoms with Crippen molar-refractivity contribution < 1.29 is 69.0 Å². The molecule has 0 bridgehead atoms. The van der Waals surface area contributed by atoms with Crippen molar-refractivity contribution in [3.63, 3.8) is 0 Å². The highest BCUT2D eigenvalue weighted by atomic mass is 16.7. The van der Waals surface area contributed by atoms with Crippen LogP contribution in [0, 0.1) is 0 Å². The molecule has 2 fully saturated rings. The lowest BCUT2D eigenvalue weighted by Crippen LogP contribution is -2.61. The van der Waals surface area contributed by atoms with E-state index < -0.39 is 80.7 Å². The van der Waals surface area contributed by atoms with Crippen LogP contribution in [-0.2, 0) is 33.2 Å². The molecule has 11 unspecified atom stereocenters. The molecule has 0 aromatic carbocycles. The lowest BCUT2D eigenvalue weighted by Gasteiger charge is -2.42. The predicted octanol–water partition coefficient (Wildman–Crippen LogP) is 8.08. The first-order valence-electron chi connectivity index (χ1n) is 26.6. The Morgan fingerprint density at radius 1 is 0.446 bits per heavy atom. The van der Waals surface area contributed by atoms with Crippen molar-refractivity contribution in [3.05, 3.63) is 0 Å². The first kappa shape index (κ1) is 60.1. The normalized spacial score (nSPS) is 26.4. The molecule has 0 amide bonds. The molecule has 0 aliphatic carbocycles. The second-order valence-corrected chi connectivity index (χ2v) is 19.1. The molecule has 7 N–H and O–H groups in total. The maximum Gasteiger partial charge on any atom is 0.306 e. The Hall–Kier alpha value is -1.01. The Morgan fingerprint density at radius 2 is 0.815 bits per heavy atom. The maximum atomic E-state index is 12.9. The molecule has 0 spiro atoms. The summed E-state index contributed by atoms with van der Waals surface area (Å²) in [6.45, 7) is 3.67. The van der Waals surface area contributed by atoms with Crippen LogP contribution in [0.1, 0.15) is 219 Å². The van der Waals surface area contributed by atoms with Gasteiger partial charge in [-0.25, -0.2) is 0 Å². The quantitative estimate of drug-likeness (QED) is 0.0228. The molecule has 0 saturated carbocycles. The molecule has 2 heterocycles. The van der Waals surface area contributed by atoms with E-state index in [0.29, 0.717) is 6.61 Å². The highest BCUT2D eigenvalue weighted by molar-refractivity contribution is 5.69. The second kappa shape index (κ2) is 39.8. The lowest BCUT2D eigenvalue weighted by atomic mass is 9.98. The van der Waals surface area contributed by atoms with E-state index in [1.807, 2.05) is 0 Å². The van der Waals surface area contributed by atoms with Gasteiger partial charge >= 0.3 is 5.97 Å². The van der Waals surface area contributed by atoms with Crippen molar-refractivity contribution in [2.45, 2.75) is 287 Å². The second-order valence-electron chi connectivity index (χ2n) is 19.1. The average Bonchev–Trinajstić information content (AvgIpc) is 3.30. The molecule has 65 heavy (non-hydrogen) atoms. The minimum atomic E-state index is -1.70. The van der Waals surface area contributed by atoms with Gasteiger partial charge in [0.2, 0.25) is 0 Å². The third-order valence-electron chi connectivity index (χ3n) is 13.1. The van der Waals surface area contributed by atoms with E-state index in [1.54, 1.807) is 0 Å². The number of carbonyl (C=O) groups is 1. The molecule has 2 rings (SSSR count). The molecule has 14 heteroatoms. The van der Waals surface area contributed by atoms with Crippen LogP contribution in [0.25, 0.3) is 0 Å². The van der Waals surface area contributed by atoms with Crippen molar-refractivity contribution in [1.82, 2.24) is 0 Å². The number of aliphatic hydroxyl groups excluding tert-OH is 7. The first-order valence-corrected chi connectivity index (χ1v) is 26.6. The van der Waals surface area contributed by atoms with E-state index in [9.17, 15) is 40.5 Å². The number of hydrogen-bond acceptors (Lipinski definition) is 14. The molecular weight excluding hydrogens is 837 g/mol. The zero-order chi connectivity index (χ0) is 47.3. The van der Waals surface area contributed by atoms with E-state index in [2.05, 4.69) is 13.8 Å². The van der Waals surface area contributed by atoms with E-state index in [1.165, 1.54) is 154 Å². The van der Waals surface area contributed by atoms with Gasteiger partial charge in [-0.2, -0.15) is 0 Å². The maximum absolute atomic E-state index is 12.9. The molecule has 0 aromatic heterocycles. The Morgan fingerprint density at radius 3 is 1.25 bits per heavy atom. The molecule has 11 atom stereocenters. The highest BCUT2D eigenvalue weighted by Crippen LogP contribution is 2.27. The van der Waals surface area contributed by atoms with Gasteiger partial charge in [0.15, 0.2) is 12.6 Å². The highest BCUT2D eigenvalue weighted by Gasteiger charge is 2.47. The van der Waals surface area contributed by atoms with Crippen LogP contribution in [0.5, 0.6) is 0 Å². The summed E-state index contributed by atoms with van der Waals surface area (Å²) >= 11 is 0. The van der Waals surface area contributed by atoms with Gasteiger partial charge in [-0.05, 0) is 12.8 Å². The average molecular weight is 935 g/mol. The summed E-state index contributed by atoms with van der Waals surface area (Å²) in [5.41, 5.74) is 0. The van der Waals surface area contributed by atoms with E-state index >= 15 is 0 Å². The van der Waals surface area contributed by atoms with Gasteiger partial charge in [0.1, 0.15) is 54.9 Å². The van der Waals surface area contributed by atoms with Crippen LogP contribution < -0.4 is 0 Å². The Labute approximate surface area is 393 Å². The Kier molecular flexibility index (Phi) is 36.8. The number of aliphatic hydroxyl groups is 7. The lowest BCUT2D eigenvalue weighted by molar-refractivity contribution is -0.332. The molecule has 2 aliphatic heterocycles. The topological polar surface area (TPSA) is 214 Å². The third-order valence-corrected chi connectivity index (χ3v) is 13.1. The summed E-state index contributed by atoms with van der Waals surface area (Å²) < 4.78 is 34.1. The molecule has 0 radical (unpaired) electrons. The van der Waals surface area contributed by atoms with Gasteiger partial charge in [-0.15, -0.1) is 0 Å². The van der Waals surface area contributed by atoms with Gasteiger partial charge in [0.25, 0.3) is 0 Å². The van der Waals surface area contributed by atoms with Crippen molar-refractivity contribution in [1.29, 1.82) is 0 Å². The van der Waals surface area contributed by atoms with Crippen molar-refractivity contribution in [2.75, 3.05) is 33.0 Å². The van der Waals surface area contributed by atoms with E-state index in [4.69, 9.17) is 28.4 Å². The SMILES string of the molecule is CCCCCCCCCCCCCCCCCCCCCCCCCCCC(=O)OC(COCCCCCCCC)COC1OC(COC2OC(CO)C(O)C(O)C2O)C(O)C(O)C1O. The zero-order valence-electron chi connectivity index (χ0n) is 41.0. The fourth-order valence-corrected chi connectivity index (χ4v) is 8.76. The standard InChI is InChI=1S/C51H98O14/c1-3-5-7-9-11-12-13-14-15-16-17-18-19-20-21-22-23-24-25-26-27-28-29-30-32-34-43(53)63-40(37-60-35-33-31-10-8-6-4-2)38-61-50-49(59)47(57)45(55)42(65-50)39-62-51-48(58)46(56)44(54)41(36-52)64-51/h40-42,44-52,54-59H,3-39H2,1-2H3. The minimum absolute atomic E-state index is 0.0673. The Balaban J connectivity index is 1.61. The molecule has 2 aliphatic rings. The smallest absolute Gasteiger partial charge is 0.306 e. The van der Waals surface area contributed by atoms with Crippen LogP contribution in [0.15, 0.2) is 0 Å². The van der Waals surface area contributed by atoms with Crippen LogP contribution >= 0.6 is 0 Å². The minimum Gasteiger partial charge on any atom is -0.457 e. The van der Waals surface area contributed by atoms with Crippen LogP contribution in [0.3, 0.4) is 0 Å². The van der Waals surface area contributed by atoms with Crippen LogP contribution in [0.4, 0.5) is 0 Å². The number of ether oxygens (including phenoxy) is 6. The van der Waals surface area contributed by atoms with E-state index in [-0.39, 0.29) is 25.6 Å². The van der Waals surface area contributed by atoms with Crippen molar-refractivity contribution in [3.8, 4) is 0 Å². The fraction of sp³-hybridized carbons (Fsp3) is 0.980. The number of carbonyl (C=O) groups excluding carboxylic acids is 1. The number of rotatable bonds is 43. The van der Waals surface area contributed by atoms with Crippen molar-refractivity contribution in [2.24, 2.45) is 0 Å². The van der Waals surface area contributed by atoms with Crippen LogP contribution in [0.2, 0.25) is 0 Å². The zero-order valence-corrected chi connectivity index (χ0v) is 41.0. The molecular formula is C51H98O14. The molecule has 14 nitrogen and oxygen atoms in total. The largest absolute Gasteiger partial charge is 0.457 e. The van der Waals surface area contributed by atoms with Gasteiger partial charge in [0, 0.05) is 13.0 Å². The fourth-order valence-electron chi connectivity index (χ4n) is 8.76. The van der Waals surface area contributed by atoms with Gasteiger partial charge in [-0.3, -0.25) is 4.79 Å². The summed E-state index contributed by atoms with van der Waals surface area (Å²) in [6, 6.07) is 0. The molecule has 0 aromatic rings. The third kappa shape index (κ3) is 27.7. The molecule has 2 saturated heterocycles. The summed E-state index contributed by atoms with van der Waals surface area (Å²) in [4.78, 5) is 12.9. The number of unbranched alkanes of at least 4 members (excludes halogenated alkanes) is 29. The summed E-state index contributed by atoms with van der Waals surface area (Å²) in [7, 11) is 0. The van der Waals surface area contributed by atoms with Gasteiger partial charge < -0.3 is 64.2 Å². The van der Waals surface area contributed by atoms with Crippen molar-refractivity contribution >= 4 is 5.97 Å². The summed E-state index contributed by atoms with van der Waals surface area (Å²) in [6.07, 6.45) is 23.6. The van der Waals surface area contributed by atoms with Crippen LogP contribution in [-0.4, -0.2) is 142 Å².